The summed E-state index contributed by atoms with van der Waals surface area (Å²) in [5.41, 5.74) is 0.682. The van der Waals surface area contributed by atoms with Crippen LogP contribution >= 0.6 is 0 Å². The maximum Gasteiger partial charge on any atom is 0.337 e. The monoisotopic (exact) mass is 295 g/mol. The number of benzene rings is 1. The van der Waals surface area contributed by atoms with Crippen molar-refractivity contribution in [3.05, 3.63) is 29.6 Å². The molecule has 0 saturated carbocycles. The van der Waals surface area contributed by atoms with Crippen LogP contribution in [0.5, 0.6) is 0 Å². The summed E-state index contributed by atoms with van der Waals surface area (Å²) in [6.07, 6.45) is 1.84. The van der Waals surface area contributed by atoms with Crippen molar-refractivity contribution in [3.8, 4) is 0 Å². The number of nitrogens with one attached hydrogen (secondary N) is 1. The van der Waals surface area contributed by atoms with Crippen molar-refractivity contribution in [3.63, 3.8) is 0 Å². The molecule has 0 spiro atoms. The Bertz CT molecular complexity index is 504. The Morgan fingerprint density at radius 3 is 2.90 bits per heavy atom. The van der Waals surface area contributed by atoms with Gasteiger partial charge < -0.3 is 14.8 Å². The minimum absolute atomic E-state index is 0.147. The van der Waals surface area contributed by atoms with E-state index in [4.69, 9.17) is 4.74 Å². The number of anilines is 1. The van der Waals surface area contributed by atoms with Crippen LogP contribution in [0.4, 0.5) is 10.1 Å². The summed E-state index contributed by atoms with van der Waals surface area (Å²) in [5.74, 6) is -0.402. The molecule has 0 aliphatic carbocycles. The molecule has 1 aromatic carbocycles. The van der Waals surface area contributed by atoms with E-state index in [1.54, 1.807) is 0 Å². The van der Waals surface area contributed by atoms with Gasteiger partial charge in [-0.2, -0.15) is 0 Å². The third kappa shape index (κ3) is 3.94. The minimum atomic E-state index is -0.468. The number of methoxy groups -OCH3 is 1. The zero-order valence-corrected chi connectivity index (χ0v) is 12.7. The van der Waals surface area contributed by atoms with Crippen molar-refractivity contribution in [2.24, 2.45) is 5.92 Å². The molecule has 1 N–H and O–H groups in total. The molecule has 2 rings (SSSR count). The van der Waals surface area contributed by atoms with Gasteiger partial charge in [-0.05, 0) is 37.0 Å². The maximum absolute atomic E-state index is 13.9. The fraction of sp³-hybridized carbons (Fsp3) is 0.562. The number of carbonyl (C=O) groups excluding carboxylic acids is 1. The predicted molar refractivity (Wildman–Crippen MR) is 79.0 cm³/mol. The first-order valence-corrected chi connectivity index (χ1v) is 7.27. The molecule has 1 saturated heterocycles. The van der Waals surface area contributed by atoms with Crippen molar-refractivity contribution in [1.29, 1.82) is 0 Å². The Morgan fingerprint density at radius 2 is 2.24 bits per heavy atom. The summed E-state index contributed by atoms with van der Waals surface area (Å²) in [6, 6.07) is 4.36. The molecule has 0 aromatic heterocycles. The zero-order valence-electron chi connectivity index (χ0n) is 12.7. The number of esters is 1. The van der Waals surface area contributed by atoms with Crippen molar-refractivity contribution in [2.75, 3.05) is 19.0 Å². The van der Waals surface area contributed by atoms with Gasteiger partial charge in [-0.15, -0.1) is 0 Å². The standard InChI is InChI=1S/C16H22FNO3/c1-10(2)15-9-12(6-7-21-15)18-14-8-11(16(19)20-3)4-5-13(14)17/h4-5,8,10,12,15,18H,6-7,9H2,1-3H3. The lowest BCUT2D eigenvalue weighted by molar-refractivity contribution is -0.0161. The van der Waals surface area contributed by atoms with Gasteiger partial charge in [0, 0.05) is 12.6 Å². The molecule has 21 heavy (non-hydrogen) atoms. The maximum atomic E-state index is 13.9. The van der Waals surface area contributed by atoms with Crippen LogP contribution in [0, 0.1) is 11.7 Å². The molecular weight excluding hydrogens is 273 g/mol. The van der Waals surface area contributed by atoms with E-state index in [1.807, 2.05) is 0 Å². The Labute approximate surface area is 124 Å². The van der Waals surface area contributed by atoms with Crippen LogP contribution in [0.25, 0.3) is 0 Å². The van der Waals surface area contributed by atoms with Crippen LogP contribution in [-0.2, 0) is 9.47 Å². The molecule has 1 aromatic rings. The van der Waals surface area contributed by atoms with E-state index in [0.717, 1.165) is 12.8 Å². The van der Waals surface area contributed by atoms with Gasteiger partial charge in [0.05, 0.1) is 24.5 Å². The first-order chi connectivity index (χ1) is 10.0. The SMILES string of the molecule is COC(=O)c1ccc(F)c(NC2CCOC(C(C)C)C2)c1. The average Bonchev–Trinajstić information content (AvgIpc) is 2.49. The summed E-state index contributed by atoms with van der Waals surface area (Å²) in [7, 11) is 1.31. The Morgan fingerprint density at radius 1 is 1.48 bits per heavy atom. The van der Waals surface area contributed by atoms with Crippen LogP contribution in [0.3, 0.4) is 0 Å². The first kappa shape index (κ1) is 15.8. The highest BCUT2D eigenvalue weighted by Crippen LogP contribution is 2.25. The van der Waals surface area contributed by atoms with Crippen molar-refractivity contribution in [2.45, 2.75) is 38.8 Å². The summed E-state index contributed by atoms with van der Waals surface area (Å²) in [5, 5.41) is 3.19. The van der Waals surface area contributed by atoms with Crippen LogP contribution < -0.4 is 5.32 Å². The van der Waals surface area contributed by atoms with Gasteiger partial charge in [0.15, 0.2) is 0 Å². The third-order valence-corrected chi connectivity index (χ3v) is 3.81. The van der Waals surface area contributed by atoms with E-state index >= 15 is 0 Å². The highest BCUT2D eigenvalue weighted by molar-refractivity contribution is 5.90. The minimum Gasteiger partial charge on any atom is -0.465 e. The fourth-order valence-corrected chi connectivity index (χ4v) is 2.52. The highest BCUT2D eigenvalue weighted by atomic mass is 19.1. The number of rotatable bonds is 4. The van der Waals surface area contributed by atoms with Crippen LogP contribution in [0.2, 0.25) is 0 Å². The molecule has 1 aliphatic rings. The molecule has 5 heteroatoms. The summed E-state index contributed by atoms with van der Waals surface area (Å²) >= 11 is 0. The van der Waals surface area contributed by atoms with E-state index in [-0.39, 0.29) is 18.0 Å². The molecule has 1 aliphatic heterocycles. The Balaban J connectivity index is 2.09. The normalized spacial score (nSPS) is 22.1. The van der Waals surface area contributed by atoms with Crippen molar-refractivity contribution >= 4 is 11.7 Å². The van der Waals surface area contributed by atoms with E-state index in [2.05, 4.69) is 23.9 Å². The summed E-state index contributed by atoms with van der Waals surface area (Å²) < 4.78 is 24.3. The lowest BCUT2D eigenvalue weighted by Crippen LogP contribution is -2.36. The van der Waals surface area contributed by atoms with Crippen LogP contribution in [0.1, 0.15) is 37.0 Å². The topological polar surface area (TPSA) is 47.6 Å². The third-order valence-electron chi connectivity index (χ3n) is 3.81. The second-order valence-electron chi connectivity index (χ2n) is 5.71. The molecule has 2 atom stereocenters. The second kappa shape index (κ2) is 6.89. The molecule has 0 amide bonds. The number of halogens is 1. The smallest absolute Gasteiger partial charge is 0.337 e. The van der Waals surface area contributed by atoms with E-state index < -0.39 is 5.97 Å². The Kier molecular flexibility index (Phi) is 5.17. The number of hydrogen-bond acceptors (Lipinski definition) is 4. The van der Waals surface area contributed by atoms with Gasteiger partial charge in [-0.25, -0.2) is 9.18 Å². The van der Waals surface area contributed by atoms with Gasteiger partial charge in [0.2, 0.25) is 0 Å². The molecule has 1 heterocycles. The lowest BCUT2D eigenvalue weighted by Gasteiger charge is -2.33. The number of carbonyl (C=O) groups is 1. The molecule has 4 nitrogen and oxygen atoms in total. The molecular formula is C16H22FNO3. The molecule has 0 bridgehead atoms. The summed E-state index contributed by atoms with van der Waals surface area (Å²) in [4.78, 5) is 11.5. The van der Waals surface area contributed by atoms with Gasteiger partial charge in [0.1, 0.15) is 5.82 Å². The van der Waals surface area contributed by atoms with Gasteiger partial charge in [0.25, 0.3) is 0 Å². The zero-order chi connectivity index (χ0) is 15.4. The quantitative estimate of drug-likeness (QED) is 0.866. The van der Waals surface area contributed by atoms with Gasteiger partial charge in [-0.3, -0.25) is 0 Å². The van der Waals surface area contributed by atoms with E-state index in [9.17, 15) is 9.18 Å². The van der Waals surface area contributed by atoms with Gasteiger partial charge in [-0.1, -0.05) is 13.8 Å². The molecule has 116 valence electrons. The molecule has 2 unspecified atom stereocenters. The van der Waals surface area contributed by atoms with Crippen molar-refractivity contribution in [1.82, 2.24) is 0 Å². The Hall–Kier alpha value is -1.62. The fourth-order valence-electron chi connectivity index (χ4n) is 2.52. The van der Waals surface area contributed by atoms with Crippen LogP contribution in [-0.4, -0.2) is 31.8 Å². The lowest BCUT2D eigenvalue weighted by atomic mass is 9.95. The van der Waals surface area contributed by atoms with Crippen LogP contribution in [0.15, 0.2) is 18.2 Å². The number of hydrogen-bond donors (Lipinski definition) is 1. The molecule has 1 fully saturated rings. The second-order valence-corrected chi connectivity index (χ2v) is 5.71. The molecule has 0 radical (unpaired) electrons. The summed E-state index contributed by atoms with van der Waals surface area (Å²) in [6.45, 7) is 4.90. The van der Waals surface area contributed by atoms with Crippen molar-refractivity contribution < 1.29 is 18.7 Å². The number of ether oxygens (including phenoxy) is 2. The predicted octanol–water partition coefficient (Wildman–Crippen LogP) is 3.23. The average molecular weight is 295 g/mol. The van der Waals surface area contributed by atoms with E-state index in [0.29, 0.717) is 23.8 Å². The van der Waals surface area contributed by atoms with E-state index in [1.165, 1.54) is 25.3 Å². The highest BCUT2D eigenvalue weighted by Gasteiger charge is 2.25. The van der Waals surface area contributed by atoms with Gasteiger partial charge >= 0.3 is 5.97 Å². The largest absolute Gasteiger partial charge is 0.465 e. The first-order valence-electron chi connectivity index (χ1n) is 7.27.